The lowest BCUT2D eigenvalue weighted by atomic mass is 10.0. The molecular formula is C23H19FN4O3. The van der Waals surface area contributed by atoms with E-state index in [0.29, 0.717) is 22.8 Å². The first kappa shape index (κ1) is 19.1. The van der Waals surface area contributed by atoms with Gasteiger partial charge in [-0.2, -0.15) is 0 Å². The lowest BCUT2D eigenvalue weighted by Crippen LogP contribution is -2.05. The van der Waals surface area contributed by atoms with Crippen LogP contribution in [0.1, 0.15) is 23.1 Å². The number of nitrogens with zero attached hydrogens (tertiary/aromatic N) is 2. The molecule has 31 heavy (non-hydrogen) atoms. The number of halogens is 1. The highest BCUT2D eigenvalue weighted by molar-refractivity contribution is 5.80. The van der Waals surface area contributed by atoms with Gasteiger partial charge in [-0.3, -0.25) is 0 Å². The molecule has 0 bridgehead atoms. The summed E-state index contributed by atoms with van der Waals surface area (Å²) < 4.78 is 26.1. The summed E-state index contributed by atoms with van der Waals surface area (Å²) in [7, 11) is 1.47. The molecule has 1 unspecified atom stereocenters. The maximum Gasteiger partial charge on any atom is 0.164 e. The molecule has 5 rings (SSSR count). The summed E-state index contributed by atoms with van der Waals surface area (Å²) in [5.41, 5.74) is 2.95. The zero-order valence-corrected chi connectivity index (χ0v) is 16.6. The van der Waals surface area contributed by atoms with Gasteiger partial charge in [0.25, 0.3) is 0 Å². The number of aromatic nitrogens is 4. The Morgan fingerprint density at radius 2 is 1.97 bits per heavy atom. The Balaban J connectivity index is 1.43. The van der Waals surface area contributed by atoms with Crippen LogP contribution in [0.5, 0.6) is 11.5 Å². The summed E-state index contributed by atoms with van der Waals surface area (Å²) in [6.45, 7) is 0.112. The molecule has 1 atom stereocenters. The Morgan fingerprint density at radius 1 is 1.10 bits per heavy atom. The molecule has 0 amide bonds. The largest absolute Gasteiger partial charge is 0.493 e. The molecule has 7 nitrogen and oxygen atoms in total. The number of hydrogen-bond acceptors (Lipinski definition) is 5. The molecule has 0 aliphatic heterocycles. The van der Waals surface area contributed by atoms with Gasteiger partial charge in [-0.05, 0) is 30.3 Å². The van der Waals surface area contributed by atoms with E-state index in [1.807, 2.05) is 30.3 Å². The fourth-order valence-electron chi connectivity index (χ4n) is 3.62. The first-order chi connectivity index (χ1) is 15.1. The van der Waals surface area contributed by atoms with Crippen LogP contribution < -0.4 is 9.47 Å². The minimum absolute atomic E-state index is 0.0812. The number of imidazole rings is 1. The summed E-state index contributed by atoms with van der Waals surface area (Å²) in [6.07, 6.45) is 2.07. The van der Waals surface area contributed by atoms with Crippen molar-refractivity contribution < 1.29 is 19.0 Å². The number of hydrogen-bond donors (Lipinski definition) is 3. The molecule has 0 aliphatic carbocycles. The summed E-state index contributed by atoms with van der Waals surface area (Å²) in [5.74, 6) is 0.534. The Labute approximate surface area is 176 Å². The van der Waals surface area contributed by atoms with Crippen LogP contribution in [0.4, 0.5) is 4.39 Å². The van der Waals surface area contributed by atoms with Crippen LogP contribution in [0.3, 0.4) is 0 Å². The average Bonchev–Trinajstić information content (AvgIpc) is 3.41. The second kappa shape index (κ2) is 7.73. The van der Waals surface area contributed by atoms with Crippen LogP contribution in [-0.2, 0) is 6.61 Å². The van der Waals surface area contributed by atoms with Gasteiger partial charge in [-0.15, -0.1) is 0 Å². The van der Waals surface area contributed by atoms with Gasteiger partial charge in [0, 0.05) is 35.0 Å². The molecule has 3 aromatic heterocycles. The number of ether oxygens (including phenoxy) is 2. The van der Waals surface area contributed by atoms with E-state index in [0.717, 1.165) is 16.4 Å². The van der Waals surface area contributed by atoms with E-state index in [1.165, 1.54) is 19.2 Å². The lowest BCUT2D eigenvalue weighted by Gasteiger charge is -2.16. The van der Waals surface area contributed by atoms with Crippen molar-refractivity contribution in [3.63, 3.8) is 0 Å². The molecule has 3 N–H and O–H groups in total. The summed E-state index contributed by atoms with van der Waals surface area (Å²) in [4.78, 5) is 14.8. The molecule has 0 spiro atoms. The van der Waals surface area contributed by atoms with Crippen molar-refractivity contribution >= 4 is 22.1 Å². The lowest BCUT2D eigenvalue weighted by molar-refractivity contribution is 0.214. The first-order valence-corrected chi connectivity index (χ1v) is 9.68. The van der Waals surface area contributed by atoms with Gasteiger partial charge < -0.3 is 24.5 Å². The Hall–Kier alpha value is -3.91. The van der Waals surface area contributed by atoms with Gasteiger partial charge in [-0.25, -0.2) is 14.4 Å². The molecule has 8 heteroatoms. The van der Waals surface area contributed by atoms with Crippen molar-refractivity contribution in [2.24, 2.45) is 0 Å². The van der Waals surface area contributed by atoms with Crippen molar-refractivity contribution in [1.29, 1.82) is 0 Å². The predicted octanol–water partition coefficient (Wildman–Crippen LogP) is 4.25. The van der Waals surface area contributed by atoms with E-state index in [2.05, 4.69) is 19.9 Å². The molecule has 0 saturated heterocycles. The minimum Gasteiger partial charge on any atom is -0.493 e. The van der Waals surface area contributed by atoms with E-state index in [-0.39, 0.29) is 17.9 Å². The zero-order valence-electron chi connectivity index (χ0n) is 16.6. The number of fused-ring (bicyclic) bond motifs is 2. The molecule has 5 aromatic rings. The van der Waals surface area contributed by atoms with Crippen LogP contribution in [-0.4, -0.2) is 32.2 Å². The minimum atomic E-state index is -1.20. The molecule has 0 aliphatic rings. The third-order valence-corrected chi connectivity index (χ3v) is 5.16. The van der Waals surface area contributed by atoms with E-state index >= 15 is 0 Å². The van der Waals surface area contributed by atoms with Crippen molar-refractivity contribution in [2.75, 3.05) is 7.11 Å². The van der Waals surface area contributed by atoms with Crippen molar-refractivity contribution in [3.8, 4) is 11.5 Å². The molecule has 0 saturated carbocycles. The van der Waals surface area contributed by atoms with Crippen LogP contribution in [0.2, 0.25) is 0 Å². The Morgan fingerprint density at radius 3 is 2.81 bits per heavy atom. The highest BCUT2D eigenvalue weighted by Gasteiger charge is 2.22. The van der Waals surface area contributed by atoms with Gasteiger partial charge in [0.2, 0.25) is 0 Å². The fraction of sp³-hybridized carbons (Fsp3) is 0.130. The number of aliphatic hydroxyl groups excluding tert-OH is 1. The number of benzene rings is 2. The van der Waals surface area contributed by atoms with Crippen LogP contribution in [0, 0.1) is 5.82 Å². The number of aromatic amines is 2. The maximum absolute atomic E-state index is 15.0. The van der Waals surface area contributed by atoms with E-state index in [4.69, 9.17) is 9.47 Å². The Kier molecular flexibility index (Phi) is 4.76. The first-order valence-electron chi connectivity index (χ1n) is 9.68. The number of aliphatic hydroxyl groups is 1. The second-order valence-electron chi connectivity index (χ2n) is 7.06. The van der Waals surface area contributed by atoms with Crippen LogP contribution in [0.15, 0.2) is 60.9 Å². The molecule has 2 aromatic carbocycles. The third kappa shape index (κ3) is 3.47. The number of rotatable bonds is 6. The van der Waals surface area contributed by atoms with E-state index < -0.39 is 11.9 Å². The SMILES string of the molecule is COc1cc(C(O)c2c[nH]c3ncccc23)c(F)cc1OCc1nc2ccccc2[nH]1. The molecule has 0 fully saturated rings. The maximum atomic E-state index is 15.0. The number of methoxy groups -OCH3 is 1. The standard InChI is InChI=1S/C23H19FN4O3/c1-30-19-9-14(22(29)15-11-26-23-13(15)5-4-8-25-23)16(24)10-20(19)31-12-21-27-17-6-2-3-7-18(17)28-21/h2-11,22,29H,12H2,1H3,(H,25,26)(H,27,28). The molecule has 0 radical (unpaired) electrons. The van der Waals surface area contributed by atoms with Gasteiger partial charge in [0.15, 0.2) is 11.5 Å². The average molecular weight is 418 g/mol. The topological polar surface area (TPSA) is 96.1 Å². The van der Waals surface area contributed by atoms with Crippen molar-refractivity contribution in [2.45, 2.75) is 12.7 Å². The number of H-pyrrole nitrogens is 2. The van der Waals surface area contributed by atoms with Crippen LogP contribution in [0.25, 0.3) is 22.1 Å². The highest BCUT2D eigenvalue weighted by Crippen LogP contribution is 2.36. The Bertz CT molecular complexity index is 1350. The van der Waals surface area contributed by atoms with Gasteiger partial charge >= 0.3 is 0 Å². The van der Waals surface area contributed by atoms with Crippen LogP contribution >= 0.6 is 0 Å². The summed E-state index contributed by atoms with van der Waals surface area (Å²) in [5, 5.41) is 11.6. The highest BCUT2D eigenvalue weighted by atomic mass is 19.1. The van der Waals surface area contributed by atoms with Crippen molar-refractivity contribution in [3.05, 3.63) is 83.7 Å². The summed E-state index contributed by atoms with van der Waals surface area (Å²) >= 11 is 0. The molecular weight excluding hydrogens is 399 g/mol. The quantitative estimate of drug-likeness (QED) is 0.383. The van der Waals surface area contributed by atoms with Gasteiger partial charge in [0.05, 0.1) is 18.1 Å². The second-order valence-corrected chi connectivity index (χ2v) is 7.06. The van der Waals surface area contributed by atoms with Gasteiger partial charge in [0.1, 0.15) is 30.0 Å². The predicted molar refractivity (Wildman–Crippen MR) is 114 cm³/mol. The monoisotopic (exact) mass is 418 g/mol. The number of para-hydroxylation sites is 2. The van der Waals surface area contributed by atoms with Crippen molar-refractivity contribution in [1.82, 2.24) is 19.9 Å². The van der Waals surface area contributed by atoms with E-state index in [9.17, 15) is 9.50 Å². The third-order valence-electron chi connectivity index (χ3n) is 5.16. The number of pyridine rings is 1. The fourth-order valence-corrected chi connectivity index (χ4v) is 3.62. The molecule has 156 valence electrons. The van der Waals surface area contributed by atoms with Gasteiger partial charge in [-0.1, -0.05) is 12.1 Å². The molecule has 3 heterocycles. The smallest absolute Gasteiger partial charge is 0.164 e. The number of nitrogens with one attached hydrogen (secondary N) is 2. The summed E-state index contributed by atoms with van der Waals surface area (Å²) in [6, 6.07) is 13.9. The zero-order chi connectivity index (χ0) is 21.4. The van der Waals surface area contributed by atoms with E-state index in [1.54, 1.807) is 18.5 Å². The normalized spacial score (nSPS) is 12.4.